The highest BCUT2D eigenvalue weighted by atomic mass is 35.5. The van der Waals surface area contributed by atoms with Gasteiger partial charge >= 0.3 is 5.97 Å². The number of rotatable bonds is 6. The third-order valence-corrected chi connectivity index (χ3v) is 9.44. The van der Waals surface area contributed by atoms with Crippen molar-refractivity contribution in [1.82, 2.24) is 4.57 Å². The summed E-state index contributed by atoms with van der Waals surface area (Å²) in [6.07, 6.45) is 0. The Morgan fingerprint density at radius 2 is 1.70 bits per heavy atom. The number of hydrogen-bond acceptors (Lipinski definition) is 6. The molecular formula is C28H20ClNO4S3. The molecule has 1 atom stereocenters. The van der Waals surface area contributed by atoms with Gasteiger partial charge in [0.25, 0.3) is 5.91 Å². The number of fused-ring (bicyclic) bond motifs is 1. The summed E-state index contributed by atoms with van der Waals surface area (Å²) in [6.45, 7) is 1.78. The number of aliphatic carboxylic acids is 1. The highest BCUT2D eigenvalue weighted by Gasteiger charge is 2.31. The number of carboxylic acid groups (broad SMARTS) is 1. The molecular weight excluding hydrogens is 546 g/mol. The van der Waals surface area contributed by atoms with Crippen LogP contribution in [0.1, 0.15) is 33.1 Å². The number of hydrogen-bond donors (Lipinski definition) is 1. The van der Waals surface area contributed by atoms with Gasteiger partial charge in [0, 0.05) is 26.5 Å². The summed E-state index contributed by atoms with van der Waals surface area (Å²) in [5.74, 6) is -1.71. The number of carbonyl (C=O) groups excluding carboxylic acids is 1. The molecule has 1 unspecified atom stereocenters. The van der Waals surface area contributed by atoms with Gasteiger partial charge in [-0.25, -0.2) is 0 Å². The van der Waals surface area contributed by atoms with E-state index in [4.69, 9.17) is 28.6 Å². The first-order chi connectivity index (χ1) is 17.8. The Morgan fingerprint density at radius 3 is 2.30 bits per heavy atom. The van der Waals surface area contributed by atoms with Crippen molar-refractivity contribution in [2.75, 3.05) is 7.11 Å². The summed E-state index contributed by atoms with van der Waals surface area (Å²) in [5.41, 5.74) is 3.73. The first-order valence-corrected chi connectivity index (χ1v) is 14.1. The molecule has 9 heteroatoms. The van der Waals surface area contributed by atoms with Crippen molar-refractivity contribution in [3.63, 3.8) is 0 Å². The molecule has 0 bridgehead atoms. The van der Waals surface area contributed by atoms with Crippen LogP contribution >= 0.6 is 44.5 Å². The fourth-order valence-electron chi connectivity index (χ4n) is 4.54. The number of methoxy groups -OCH3 is 1. The van der Waals surface area contributed by atoms with Crippen LogP contribution in [0, 0.1) is 10.7 Å². The molecule has 0 spiro atoms. The van der Waals surface area contributed by atoms with Gasteiger partial charge in [-0.15, -0.1) is 0 Å². The van der Waals surface area contributed by atoms with E-state index >= 15 is 0 Å². The van der Waals surface area contributed by atoms with Crippen LogP contribution in [0.2, 0.25) is 5.02 Å². The van der Waals surface area contributed by atoms with E-state index in [9.17, 15) is 14.7 Å². The molecule has 0 amide bonds. The van der Waals surface area contributed by atoms with Gasteiger partial charge < -0.3 is 9.84 Å². The van der Waals surface area contributed by atoms with Crippen LogP contribution in [0.25, 0.3) is 21.3 Å². The SMILES string of the molecule is COc1ccc2c(c1)c(C(C(=O)O)c1ccc(-c3cc(=S)ss3)cc1)c(C)n2C(=O)c1ccc(Cl)cc1. The average Bonchev–Trinajstić information content (AvgIpc) is 3.45. The van der Waals surface area contributed by atoms with E-state index < -0.39 is 11.9 Å². The number of halogens is 1. The van der Waals surface area contributed by atoms with Crippen LogP contribution in [0.15, 0.2) is 72.8 Å². The normalized spacial score (nSPS) is 12.0. The molecule has 0 saturated carbocycles. The van der Waals surface area contributed by atoms with Crippen molar-refractivity contribution >= 4 is 67.3 Å². The maximum absolute atomic E-state index is 13.6. The molecule has 5 nitrogen and oxygen atoms in total. The Labute approximate surface area is 230 Å². The molecule has 5 aromatic rings. The van der Waals surface area contributed by atoms with Gasteiger partial charge in [0.05, 0.1) is 12.6 Å². The lowest BCUT2D eigenvalue weighted by Gasteiger charge is -2.15. The summed E-state index contributed by atoms with van der Waals surface area (Å²) >= 11 is 11.3. The fraction of sp³-hybridized carbons (Fsp3) is 0.107. The lowest BCUT2D eigenvalue weighted by molar-refractivity contribution is -0.137. The molecule has 0 aliphatic rings. The van der Waals surface area contributed by atoms with Crippen LogP contribution < -0.4 is 4.74 Å². The molecule has 0 radical (unpaired) electrons. The summed E-state index contributed by atoms with van der Waals surface area (Å²) < 4.78 is 7.82. The quantitative estimate of drug-likeness (QED) is 0.167. The van der Waals surface area contributed by atoms with Gasteiger partial charge in [0.15, 0.2) is 0 Å². The van der Waals surface area contributed by atoms with Crippen LogP contribution in [0.3, 0.4) is 0 Å². The zero-order valence-corrected chi connectivity index (χ0v) is 22.9. The van der Waals surface area contributed by atoms with Crippen LogP contribution in [0.4, 0.5) is 0 Å². The van der Waals surface area contributed by atoms with Gasteiger partial charge in [-0.3, -0.25) is 14.2 Å². The number of carbonyl (C=O) groups is 2. The van der Waals surface area contributed by atoms with E-state index in [-0.39, 0.29) is 5.91 Å². The second-order valence-corrected chi connectivity index (χ2v) is 11.8. The molecule has 0 aliphatic carbocycles. The first-order valence-electron chi connectivity index (χ1n) is 11.2. The largest absolute Gasteiger partial charge is 0.497 e. The molecule has 5 rings (SSSR count). The lowest BCUT2D eigenvalue weighted by Crippen LogP contribution is -2.17. The van der Waals surface area contributed by atoms with Gasteiger partial charge in [0.2, 0.25) is 0 Å². The highest BCUT2D eigenvalue weighted by Crippen LogP contribution is 2.39. The molecule has 0 fully saturated rings. The predicted molar refractivity (Wildman–Crippen MR) is 152 cm³/mol. The van der Waals surface area contributed by atoms with Gasteiger partial charge in [-0.1, -0.05) is 68.8 Å². The maximum atomic E-state index is 13.6. The predicted octanol–water partition coefficient (Wildman–Crippen LogP) is 8.04. The molecule has 186 valence electrons. The molecule has 37 heavy (non-hydrogen) atoms. The van der Waals surface area contributed by atoms with Crippen LogP contribution in [-0.4, -0.2) is 28.7 Å². The molecule has 3 aromatic carbocycles. The smallest absolute Gasteiger partial charge is 0.315 e. The van der Waals surface area contributed by atoms with E-state index in [1.807, 2.05) is 30.3 Å². The minimum Gasteiger partial charge on any atom is -0.497 e. The third kappa shape index (κ3) is 4.73. The Hall–Kier alpha value is -3.30. The monoisotopic (exact) mass is 565 g/mol. The first kappa shape index (κ1) is 25.4. The highest BCUT2D eigenvalue weighted by molar-refractivity contribution is 7.80. The zero-order valence-electron chi connectivity index (χ0n) is 19.7. The molecule has 2 heterocycles. The number of aromatic nitrogens is 1. The van der Waals surface area contributed by atoms with Crippen molar-refractivity contribution in [2.45, 2.75) is 12.8 Å². The van der Waals surface area contributed by atoms with E-state index in [1.54, 1.807) is 71.4 Å². The molecule has 0 aliphatic heterocycles. The maximum Gasteiger partial charge on any atom is 0.315 e. The Morgan fingerprint density at radius 1 is 1.00 bits per heavy atom. The summed E-state index contributed by atoms with van der Waals surface area (Å²) in [4.78, 5) is 27.4. The van der Waals surface area contributed by atoms with Gasteiger partial charge in [-0.2, -0.15) is 0 Å². The topological polar surface area (TPSA) is 68.5 Å². The number of nitrogens with zero attached hydrogens (tertiary/aromatic N) is 1. The van der Waals surface area contributed by atoms with E-state index in [2.05, 4.69) is 0 Å². The zero-order chi connectivity index (χ0) is 26.3. The van der Waals surface area contributed by atoms with Crippen molar-refractivity contribution in [3.8, 4) is 16.2 Å². The Balaban J connectivity index is 1.69. The minimum absolute atomic E-state index is 0.270. The van der Waals surface area contributed by atoms with Crippen molar-refractivity contribution in [2.24, 2.45) is 0 Å². The summed E-state index contributed by atoms with van der Waals surface area (Å²) in [5, 5.41) is 11.6. The number of benzene rings is 3. The van der Waals surface area contributed by atoms with Gasteiger partial charge in [0.1, 0.15) is 15.5 Å². The number of carboxylic acids is 1. The Kier molecular flexibility index (Phi) is 7.00. The average molecular weight is 566 g/mol. The second kappa shape index (κ2) is 10.2. The van der Waals surface area contributed by atoms with Gasteiger partial charge in [-0.05, 0) is 72.1 Å². The third-order valence-electron chi connectivity index (χ3n) is 6.28. The van der Waals surface area contributed by atoms with E-state index in [0.717, 1.165) is 14.3 Å². The van der Waals surface area contributed by atoms with E-state index in [1.165, 1.54) is 10.3 Å². The summed E-state index contributed by atoms with van der Waals surface area (Å²) in [6, 6.07) is 21.4. The van der Waals surface area contributed by atoms with Crippen LogP contribution in [0.5, 0.6) is 5.75 Å². The molecule has 2 aromatic heterocycles. The standard InChI is InChI=1S/C28H20ClNO4S3/c1-15-25(26(28(32)33)17-5-3-16(4-6-17)23-14-24(35)37-36-23)21-13-20(34-2)11-12-22(21)30(15)27(31)18-7-9-19(29)10-8-18/h3-14,26H,1-2H3,(H,32,33). The molecule has 0 saturated heterocycles. The second-order valence-electron chi connectivity index (χ2n) is 8.42. The lowest BCUT2D eigenvalue weighted by atomic mass is 9.88. The Bertz CT molecular complexity index is 1700. The van der Waals surface area contributed by atoms with E-state index in [0.29, 0.717) is 44.1 Å². The molecule has 1 N–H and O–H groups in total. The minimum atomic E-state index is -1.01. The van der Waals surface area contributed by atoms with Crippen molar-refractivity contribution < 1.29 is 19.4 Å². The fourth-order valence-corrected chi connectivity index (χ4v) is 7.07. The van der Waals surface area contributed by atoms with Crippen LogP contribution in [-0.2, 0) is 4.79 Å². The van der Waals surface area contributed by atoms with Crippen molar-refractivity contribution in [3.05, 3.63) is 104 Å². The number of ether oxygens (including phenoxy) is 1. The summed E-state index contributed by atoms with van der Waals surface area (Å²) in [7, 11) is 4.67. The van der Waals surface area contributed by atoms with Crippen molar-refractivity contribution in [1.29, 1.82) is 0 Å².